The van der Waals surface area contributed by atoms with E-state index in [-0.39, 0.29) is 23.5 Å². The first-order chi connectivity index (χ1) is 12.5. The fraction of sp³-hybridized carbons (Fsp3) is 0.211. The number of carbonyl (C=O) groups is 3. The molecule has 7 heteroatoms. The van der Waals surface area contributed by atoms with Gasteiger partial charge in [-0.15, -0.1) is 0 Å². The number of imide groups is 1. The first-order valence-electron chi connectivity index (χ1n) is 8.04. The SMILES string of the molecule is COc1ccccc1NC(=O)CC1SC(=O)N(c2ccccc2C)C1=O. The fourth-order valence-electron chi connectivity index (χ4n) is 2.74. The lowest BCUT2D eigenvalue weighted by atomic mass is 10.1. The number of methoxy groups -OCH3 is 1. The molecule has 2 aromatic rings. The Hall–Kier alpha value is -2.80. The van der Waals surface area contributed by atoms with Gasteiger partial charge in [-0.25, -0.2) is 4.90 Å². The van der Waals surface area contributed by atoms with Crippen molar-refractivity contribution in [3.05, 3.63) is 54.1 Å². The van der Waals surface area contributed by atoms with Gasteiger partial charge in [-0.05, 0) is 42.4 Å². The second-order valence-electron chi connectivity index (χ2n) is 5.79. The van der Waals surface area contributed by atoms with Crippen LogP contribution in [0.3, 0.4) is 0 Å². The maximum atomic E-state index is 12.7. The molecule has 1 saturated heterocycles. The summed E-state index contributed by atoms with van der Waals surface area (Å²) >= 11 is 0.880. The van der Waals surface area contributed by atoms with Gasteiger partial charge in [0, 0.05) is 6.42 Å². The molecule has 1 heterocycles. The molecule has 1 N–H and O–H groups in total. The summed E-state index contributed by atoms with van der Waals surface area (Å²) < 4.78 is 5.19. The van der Waals surface area contributed by atoms with Crippen LogP contribution in [0.2, 0.25) is 0 Å². The normalized spacial score (nSPS) is 16.7. The lowest BCUT2D eigenvalue weighted by Gasteiger charge is -2.16. The molecule has 0 bridgehead atoms. The summed E-state index contributed by atoms with van der Waals surface area (Å²) in [6.07, 6.45) is -0.0876. The van der Waals surface area contributed by atoms with E-state index < -0.39 is 5.25 Å². The zero-order valence-electron chi connectivity index (χ0n) is 14.4. The minimum absolute atomic E-state index is 0.0876. The van der Waals surface area contributed by atoms with Crippen molar-refractivity contribution < 1.29 is 19.1 Å². The molecule has 1 unspecified atom stereocenters. The van der Waals surface area contributed by atoms with Crippen molar-refractivity contribution in [3.63, 3.8) is 0 Å². The summed E-state index contributed by atoms with van der Waals surface area (Å²) in [5.41, 5.74) is 1.91. The Morgan fingerprint density at radius 1 is 1.15 bits per heavy atom. The minimum Gasteiger partial charge on any atom is -0.495 e. The number of amides is 3. The molecule has 26 heavy (non-hydrogen) atoms. The van der Waals surface area contributed by atoms with Gasteiger partial charge in [-0.1, -0.05) is 30.3 Å². The molecule has 3 amide bonds. The number of anilines is 2. The summed E-state index contributed by atoms with van der Waals surface area (Å²) in [7, 11) is 1.51. The zero-order valence-corrected chi connectivity index (χ0v) is 15.2. The zero-order chi connectivity index (χ0) is 18.7. The van der Waals surface area contributed by atoms with E-state index in [0.717, 1.165) is 22.2 Å². The van der Waals surface area contributed by atoms with Gasteiger partial charge in [0.25, 0.3) is 5.24 Å². The van der Waals surface area contributed by atoms with Gasteiger partial charge in [-0.2, -0.15) is 0 Å². The van der Waals surface area contributed by atoms with Gasteiger partial charge in [0.2, 0.25) is 11.8 Å². The number of hydrogen-bond donors (Lipinski definition) is 1. The fourth-order valence-corrected chi connectivity index (χ4v) is 3.71. The van der Waals surface area contributed by atoms with E-state index in [1.807, 2.05) is 19.1 Å². The number of nitrogens with zero attached hydrogens (tertiary/aromatic N) is 1. The van der Waals surface area contributed by atoms with E-state index in [0.29, 0.717) is 17.1 Å². The van der Waals surface area contributed by atoms with Crippen molar-refractivity contribution >= 4 is 40.2 Å². The second-order valence-corrected chi connectivity index (χ2v) is 6.94. The first-order valence-corrected chi connectivity index (χ1v) is 8.92. The Bertz CT molecular complexity index is 868. The predicted molar refractivity (Wildman–Crippen MR) is 102 cm³/mol. The highest BCUT2D eigenvalue weighted by Gasteiger charge is 2.42. The van der Waals surface area contributed by atoms with E-state index in [4.69, 9.17) is 4.74 Å². The Labute approximate surface area is 155 Å². The predicted octanol–water partition coefficient (Wildman–Crippen LogP) is 3.60. The molecule has 1 aliphatic heterocycles. The van der Waals surface area contributed by atoms with Crippen LogP contribution in [0.5, 0.6) is 5.75 Å². The van der Waals surface area contributed by atoms with Gasteiger partial charge >= 0.3 is 0 Å². The highest BCUT2D eigenvalue weighted by Crippen LogP contribution is 2.35. The quantitative estimate of drug-likeness (QED) is 0.870. The lowest BCUT2D eigenvalue weighted by Crippen LogP contribution is -2.33. The standard InChI is InChI=1S/C19H18N2O4S/c1-12-7-3-5-9-14(12)21-18(23)16(26-19(21)24)11-17(22)20-13-8-4-6-10-15(13)25-2/h3-10,16H,11H2,1-2H3,(H,20,22). The van der Waals surface area contributed by atoms with E-state index in [9.17, 15) is 14.4 Å². The first kappa shape index (κ1) is 18.0. The van der Waals surface area contributed by atoms with Crippen LogP contribution < -0.4 is 15.0 Å². The van der Waals surface area contributed by atoms with Crippen LogP contribution in [0.25, 0.3) is 0 Å². The third-order valence-electron chi connectivity index (χ3n) is 4.03. The van der Waals surface area contributed by atoms with Crippen LogP contribution in [0.1, 0.15) is 12.0 Å². The molecule has 1 aliphatic rings. The molecule has 2 aromatic carbocycles. The van der Waals surface area contributed by atoms with Crippen LogP contribution >= 0.6 is 11.8 Å². The number of carbonyl (C=O) groups excluding carboxylic acids is 3. The highest BCUT2D eigenvalue weighted by molar-refractivity contribution is 8.15. The number of nitrogens with one attached hydrogen (secondary N) is 1. The van der Waals surface area contributed by atoms with Crippen LogP contribution in [0.15, 0.2) is 48.5 Å². The van der Waals surface area contributed by atoms with Crippen LogP contribution in [-0.4, -0.2) is 29.4 Å². The lowest BCUT2D eigenvalue weighted by molar-refractivity contribution is -0.121. The summed E-state index contributed by atoms with van der Waals surface area (Å²) in [4.78, 5) is 38.5. The smallest absolute Gasteiger partial charge is 0.293 e. The number of ether oxygens (including phenoxy) is 1. The Morgan fingerprint density at radius 3 is 2.58 bits per heavy atom. The number of thioether (sulfide) groups is 1. The van der Waals surface area contributed by atoms with Crippen molar-refractivity contribution in [2.75, 3.05) is 17.3 Å². The summed E-state index contributed by atoms with van der Waals surface area (Å²) in [5, 5.41) is 1.63. The van der Waals surface area contributed by atoms with E-state index >= 15 is 0 Å². The molecule has 134 valence electrons. The molecule has 0 aliphatic carbocycles. The van der Waals surface area contributed by atoms with Crippen molar-refractivity contribution in [1.82, 2.24) is 0 Å². The summed E-state index contributed by atoms with van der Waals surface area (Å²) in [6.45, 7) is 1.84. The molecule has 0 aromatic heterocycles. The molecule has 3 rings (SSSR count). The number of para-hydroxylation sites is 3. The maximum absolute atomic E-state index is 12.7. The largest absolute Gasteiger partial charge is 0.495 e. The van der Waals surface area contributed by atoms with Crippen LogP contribution in [0.4, 0.5) is 16.2 Å². The third-order valence-corrected chi connectivity index (χ3v) is 5.07. The number of benzene rings is 2. The van der Waals surface area contributed by atoms with Gasteiger partial charge in [0.15, 0.2) is 0 Å². The number of aryl methyl sites for hydroxylation is 1. The minimum atomic E-state index is -0.739. The topological polar surface area (TPSA) is 75.7 Å². The summed E-state index contributed by atoms with van der Waals surface area (Å²) in [6, 6.07) is 14.2. The Kier molecular flexibility index (Phi) is 5.27. The average molecular weight is 370 g/mol. The second kappa shape index (κ2) is 7.61. The molecular weight excluding hydrogens is 352 g/mol. The molecule has 6 nitrogen and oxygen atoms in total. The van der Waals surface area contributed by atoms with Gasteiger partial charge in [0.1, 0.15) is 11.0 Å². The van der Waals surface area contributed by atoms with Crippen LogP contribution in [0, 0.1) is 6.92 Å². The highest BCUT2D eigenvalue weighted by atomic mass is 32.2. The molecule has 1 atom stereocenters. The monoisotopic (exact) mass is 370 g/mol. The van der Waals surface area contributed by atoms with Crippen molar-refractivity contribution in [2.45, 2.75) is 18.6 Å². The van der Waals surface area contributed by atoms with E-state index in [2.05, 4.69) is 5.32 Å². The molecule has 0 radical (unpaired) electrons. The third kappa shape index (κ3) is 3.57. The van der Waals surface area contributed by atoms with Crippen molar-refractivity contribution in [1.29, 1.82) is 0 Å². The summed E-state index contributed by atoms with van der Waals surface area (Å²) in [5.74, 6) is -0.187. The van der Waals surface area contributed by atoms with Crippen LogP contribution in [-0.2, 0) is 9.59 Å². The van der Waals surface area contributed by atoms with Crippen molar-refractivity contribution in [2.24, 2.45) is 0 Å². The number of rotatable bonds is 5. The van der Waals surface area contributed by atoms with E-state index in [1.54, 1.807) is 36.4 Å². The average Bonchev–Trinajstić information content (AvgIpc) is 2.89. The molecule has 1 fully saturated rings. The number of hydrogen-bond acceptors (Lipinski definition) is 5. The molecular formula is C19H18N2O4S. The molecule has 0 saturated carbocycles. The Balaban J connectivity index is 1.71. The molecule has 0 spiro atoms. The Morgan fingerprint density at radius 2 is 1.85 bits per heavy atom. The van der Waals surface area contributed by atoms with Gasteiger partial charge < -0.3 is 10.1 Å². The van der Waals surface area contributed by atoms with Gasteiger partial charge in [0.05, 0.1) is 18.5 Å². The van der Waals surface area contributed by atoms with Gasteiger partial charge in [-0.3, -0.25) is 14.4 Å². The van der Waals surface area contributed by atoms with E-state index in [1.165, 1.54) is 7.11 Å². The van der Waals surface area contributed by atoms with Crippen molar-refractivity contribution in [3.8, 4) is 5.75 Å². The maximum Gasteiger partial charge on any atom is 0.293 e.